The van der Waals surface area contributed by atoms with Crippen LogP contribution in [0.4, 0.5) is 17.6 Å². The Labute approximate surface area is 65.8 Å². The van der Waals surface area contributed by atoms with Crippen molar-refractivity contribution >= 4 is 9.63 Å². The largest absolute Gasteiger partial charge is 0.796 e. The van der Waals surface area contributed by atoms with Crippen molar-refractivity contribution in [1.29, 1.82) is 0 Å². The van der Waals surface area contributed by atoms with Gasteiger partial charge >= 0.3 is 6.18 Å². The monoisotopic (exact) mass is 210 g/mol. The first-order valence-corrected chi connectivity index (χ1v) is 4.79. The first kappa shape index (κ1) is 11.8. The van der Waals surface area contributed by atoms with Crippen molar-refractivity contribution in [2.75, 3.05) is 5.75 Å². The second-order valence-electron chi connectivity index (χ2n) is 2.32. The molecule has 0 aliphatic rings. The quantitative estimate of drug-likeness (QED) is 0.637. The summed E-state index contributed by atoms with van der Waals surface area (Å²) in [7, 11) is -6.68. The Balaban J connectivity index is 4.75. The van der Waals surface area contributed by atoms with E-state index in [1.165, 1.54) is 0 Å². The number of rotatable bonds is 2. The van der Waals surface area contributed by atoms with Crippen molar-refractivity contribution in [2.24, 2.45) is 0 Å². The fourth-order valence-corrected chi connectivity index (χ4v) is 1.23. The smallest absolute Gasteiger partial charge is 0.396 e. The molecular weight excluding hydrogens is 204 g/mol. The van der Waals surface area contributed by atoms with Crippen LogP contribution in [-0.2, 0) is 9.63 Å². The predicted molar refractivity (Wildman–Crippen MR) is 31.2 cm³/mol. The van der Waals surface area contributed by atoms with Gasteiger partial charge in [-0.3, -0.25) is 0 Å². The molecule has 0 aromatic carbocycles. The lowest BCUT2D eigenvalue weighted by Crippen LogP contribution is -2.48. The molecule has 12 heavy (non-hydrogen) atoms. The third kappa shape index (κ3) is 3.46. The van der Waals surface area contributed by atoms with Crippen LogP contribution in [0.1, 0.15) is 6.92 Å². The summed E-state index contributed by atoms with van der Waals surface area (Å²) in [4.78, 5) is 0. The third-order valence-corrected chi connectivity index (χ3v) is 3.15. The highest BCUT2D eigenvalue weighted by atomic mass is 32.3. The number of halogens is 4. The number of alkyl halides is 4. The lowest BCUT2D eigenvalue weighted by molar-refractivity contribution is -0.109. The van der Waals surface area contributed by atoms with Gasteiger partial charge in [0.25, 0.3) is 0 Å². The molecule has 0 bridgehead atoms. The van der Waals surface area contributed by atoms with E-state index in [0.29, 0.717) is 0 Å². The minimum Gasteiger partial charge on any atom is -0.796 e. The van der Waals surface area contributed by atoms with Crippen molar-refractivity contribution < 1.29 is 30.9 Å². The van der Waals surface area contributed by atoms with Gasteiger partial charge in [-0.25, -0.2) is 4.39 Å². The topological polar surface area (TPSA) is 63.2 Å². The van der Waals surface area contributed by atoms with E-state index in [9.17, 15) is 30.9 Å². The van der Waals surface area contributed by atoms with E-state index in [0.717, 1.165) is 0 Å². The van der Waals surface area contributed by atoms with Gasteiger partial charge in [0.15, 0.2) is 0 Å². The van der Waals surface area contributed by atoms with Gasteiger partial charge in [-0.05, 0) is 6.92 Å². The summed E-state index contributed by atoms with van der Waals surface area (Å²) in [5, 5.41) is 0. The zero-order chi connectivity index (χ0) is 10.2. The summed E-state index contributed by atoms with van der Waals surface area (Å²) in [6.07, 6.45) is -5.20. The maximum absolute atomic E-state index is 12.0. The van der Waals surface area contributed by atoms with Gasteiger partial charge in [0.1, 0.15) is 5.50 Å². The molecule has 0 N–H and O–H groups in total. The van der Waals surface area contributed by atoms with E-state index in [4.69, 9.17) is 0 Å². The van der Waals surface area contributed by atoms with E-state index in [-0.39, 0.29) is 6.92 Å². The number of sulfone groups is 3. The minimum atomic E-state index is -6.68. The Hall–Kier alpha value is -0.210. The molecule has 3 nitrogen and oxygen atoms in total. The van der Waals surface area contributed by atoms with Crippen LogP contribution < -0.4 is 0 Å². The van der Waals surface area contributed by atoms with E-state index < -0.39 is 27.1 Å². The van der Waals surface area contributed by atoms with Gasteiger partial charge in [-0.15, -0.1) is 0 Å². The summed E-state index contributed by atoms with van der Waals surface area (Å²) in [5.74, 6) is -2.66. The normalized spacial score (nSPS) is 19.8. The molecular formula is C4H6F4O3S-2. The van der Waals surface area contributed by atoms with E-state index in [2.05, 4.69) is 0 Å². The van der Waals surface area contributed by atoms with Gasteiger partial charge < -0.3 is 13.3 Å². The molecule has 0 rings (SSSR count). The highest BCUT2D eigenvalue weighted by Crippen LogP contribution is 2.31. The molecule has 0 saturated carbocycles. The van der Waals surface area contributed by atoms with Crippen LogP contribution in [0.5, 0.6) is 0 Å². The third-order valence-electron chi connectivity index (χ3n) is 1.05. The molecule has 1 unspecified atom stereocenters. The molecule has 76 valence electrons. The van der Waals surface area contributed by atoms with Crippen molar-refractivity contribution in [2.45, 2.75) is 18.6 Å². The lowest BCUT2D eigenvalue weighted by Gasteiger charge is -2.56. The van der Waals surface area contributed by atoms with E-state index in [1.807, 2.05) is 0 Å². The Morgan fingerprint density at radius 3 is 1.83 bits per heavy atom. The van der Waals surface area contributed by atoms with Gasteiger partial charge in [0.2, 0.25) is 0 Å². The van der Waals surface area contributed by atoms with Crippen molar-refractivity contribution in [1.82, 2.24) is 0 Å². The highest BCUT2D eigenvalue weighted by molar-refractivity contribution is 8.10. The first-order valence-electron chi connectivity index (χ1n) is 2.74. The van der Waals surface area contributed by atoms with Crippen LogP contribution in [0.25, 0.3) is 0 Å². The summed E-state index contributed by atoms with van der Waals surface area (Å²) in [6, 6.07) is 0. The molecule has 0 aromatic heterocycles. The molecule has 0 aromatic rings. The van der Waals surface area contributed by atoms with Crippen molar-refractivity contribution in [3.8, 4) is 0 Å². The Morgan fingerprint density at radius 2 is 1.75 bits per heavy atom. The molecule has 1 atom stereocenters. The van der Waals surface area contributed by atoms with Gasteiger partial charge in [0, 0.05) is 0 Å². The maximum Gasteiger partial charge on any atom is 0.396 e. The molecule has 0 amide bonds. The van der Waals surface area contributed by atoms with Crippen molar-refractivity contribution in [3.05, 3.63) is 0 Å². The lowest BCUT2D eigenvalue weighted by atomic mass is 10.8. The fraction of sp³-hybridized carbons (Fsp3) is 1.00. The van der Waals surface area contributed by atoms with Crippen LogP contribution in [0.2, 0.25) is 0 Å². The Morgan fingerprint density at radius 1 is 1.42 bits per heavy atom. The van der Waals surface area contributed by atoms with Crippen LogP contribution in [0.3, 0.4) is 0 Å². The number of hydrogen-bond donors (Lipinski definition) is 0. The Kier molecular flexibility index (Phi) is 2.59. The van der Waals surface area contributed by atoms with Gasteiger partial charge in [-0.2, -0.15) is 22.8 Å². The standard InChI is InChI=1S/C4H8F4O3S/c1-3(5)12(9,10,11)2-4(6,7)8/h3H,2H2,1H3,(H2,9,10,11)/p-2. The molecule has 8 heteroatoms. The number of hydrogen-bond acceptors (Lipinski definition) is 3. The molecule has 0 aliphatic heterocycles. The average Bonchev–Trinajstić information content (AvgIpc) is 1.53. The Bertz CT molecular complexity index is 227. The van der Waals surface area contributed by atoms with Gasteiger partial charge in [-0.1, -0.05) is 0 Å². The summed E-state index contributed by atoms with van der Waals surface area (Å²) in [6.45, 7) is 0.264. The predicted octanol–water partition coefficient (Wildman–Crippen LogP) is 0.945. The molecule has 0 fully saturated rings. The highest BCUT2D eigenvalue weighted by Gasteiger charge is 2.36. The second-order valence-corrected chi connectivity index (χ2v) is 5.28. The molecule has 0 heterocycles. The van der Waals surface area contributed by atoms with Crippen LogP contribution >= 0.6 is 0 Å². The molecule has 0 saturated heterocycles. The second kappa shape index (κ2) is 2.64. The fourth-order valence-electron chi connectivity index (χ4n) is 0.410. The summed E-state index contributed by atoms with van der Waals surface area (Å²) < 4.78 is 77.1. The van der Waals surface area contributed by atoms with Gasteiger partial charge in [0.05, 0.1) is 5.75 Å². The van der Waals surface area contributed by atoms with E-state index >= 15 is 0 Å². The maximum atomic E-state index is 12.0. The minimum absolute atomic E-state index is 0.264. The molecule has 0 spiro atoms. The van der Waals surface area contributed by atoms with Crippen LogP contribution in [-0.4, -0.2) is 30.7 Å². The SMILES string of the molecule is CC(F)S(=O)([O-])([O-])CC(F)(F)F. The zero-order valence-corrected chi connectivity index (χ0v) is 6.75. The van der Waals surface area contributed by atoms with E-state index in [1.54, 1.807) is 0 Å². The van der Waals surface area contributed by atoms with Crippen LogP contribution in [0.15, 0.2) is 0 Å². The first-order chi connectivity index (χ1) is 4.92. The average molecular weight is 210 g/mol. The van der Waals surface area contributed by atoms with Crippen LogP contribution in [0, 0.1) is 0 Å². The molecule has 0 aliphatic carbocycles. The summed E-state index contributed by atoms with van der Waals surface area (Å²) >= 11 is 0. The van der Waals surface area contributed by atoms with Crippen molar-refractivity contribution in [3.63, 3.8) is 0 Å². The zero-order valence-electron chi connectivity index (χ0n) is 5.93. The summed E-state index contributed by atoms with van der Waals surface area (Å²) in [5.41, 5.74) is -3.05. The molecule has 0 radical (unpaired) electrons.